The van der Waals surface area contributed by atoms with Gasteiger partial charge in [-0.25, -0.2) is 4.79 Å². The number of nitrogens with zero attached hydrogens (tertiary/aromatic N) is 2. The number of aldehydes is 1. The summed E-state index contributed by atoms with van der Waals surface area (Å²) in [5, 5.41) is 13.4. The number of hydrogen-bond acceptors (Lipinski definition) is 6. The van der Waals surface area contributed by atoms with Crippen molar-refractivity contribution in [3.8, 4) is 0 Å². The van der Waals surface area contributed by atoms with Gasteiger partial charge in [-0.2, -0.15) is 0 Å². The lowest BCUT2D eigenvalue weighted by Gasteiger charge is -2.54. The van der Waals surface area contributed by atoms with Crippen LogP contribution < -0.4 is 5.32 Å². The lowest BCUT2D eigenvalue weighted by atomic mass is 9.83. The normalized spacial score (nSPS) is 23.3. The number of rotatable bonds is 7. The molecule has 2 N–H and O–H groups in total. The zero-order chi connectivity index (χ0) is 21.9. The van der Waals surface area contributed by atoms with Crippen molar-refractivity contribution in [2.75, 3.05) is 19.6 Å². The van der Waals surface area contributed by atoms with Gasteiger partial charge >= 0.3 is 6.09 Å². The van der Waals surface area contributed by atoms with Gasteiger partial charge < -0.3 is 24.9 Å². The molecule has 3 rings (SSSR count). The minimum absolute atomic E-state index is 0.238. The molecule has 2 heterocycles. The number of carbonyl (C=O) groups is 3. The van der Waals surface area contributed by atoms with Gasteiger partial charge in [0.15, 0.2) is 6.29 Å². The second kappa shape index (κ2) is 8.73. The maximum Gasteiger partial charge on any atom is 0.411 e. The van der Waals surface area contributed by atoms with E-state index in [-0.39, 0.29) is 19.0 Å². The fraction of sp³-hybridized carbons (Fsp3) is 0.591. The van der Waals surface area contributed by atoms with Crippen molar-refractivity contribution in [1.29, 1.82) is 0 Å². The molecule has 0 saturated carbocycles. The molecule has 1 aromatic carbocycles. The molecule has 2 saturated heterocycles. The molecule has 2 fully saturated rings. The summed E-state index contributed by atoms with van der Waals surface area (Å²) in [5.41, 5.74) is -0.511. The minimum atomic E-state index is -1.30. The smallest absolute Gasteiger partial charge is 0.411 e. The maximum absolute atomic E-state index is 13.2. The highest BCUT2D eigenvalue weighted by Crippen LogP contribution is 2.41. The average molecular weight is 418 g/mol. The Morgan fingerprint density at radius 1 is 1.33 bits per heavy atom. The number of carbonyl (C=O) groups excluding carboxylic acids is 3. The number of aliphatic hydroxyl groups excluding tert-OH is 1. The van der Waals surface area contributed by atoms with Crippen molar-refractivity contribution in [2.45, 2.75) is 63.4 Å². The van der Waals surface area contributed by atoms with Gasteiger partial charge in [0.05, 0.1) is 12.6 Å². The van der Waals surface area contributed by atoms with Crippen LogP contribution in [0.3, 0.4) is 0 Å². The molecule has 3 atom stereocenters. The van der Waals surface area contributed by atoms with Crippen LogP contribution in [0.2, 0.25) is 0 Å². The highest BCUT2D eigenvalue weighted by atomic mass is 16.6. The number of hydrogen-bond donors (Lipinski definition) is 2. The predicted octanol–water partition coefficient (Wildman–Crippen LogP) is 1.32. The second-order valence-electron chi connectivity index (χ2n) is 9.01. The molecule has 0 aliphatic carbocycles. The van der Waals surface area contributed by atoms with Crippen LogP contribution in [0, 0.1) is 0 Å². The van der Waals surface area contributed by atoms with E-state index in [1.54, 1.807) is 20.8 Å². The van der Waals surface area contributed by atoms with Gasteiger partial charge in [-0.15, -0.1) is 0 Å². The van der Waals surface area contributed by atoms with Crippen molar-refractivity contribution in [3.05, 3.63) is 35.9 Å². The Hall–Kier alpha value is -2.45. The number of likely N-dealkylation sites (tertiary alicyclic amines) is 2. The number of ether oxygens (including phenoxy) is 1. The number of nitrogens with one attached hydrogen (secondary N) is 1. The van der Waals surface area contributed by atoms with Crippen LogP contribution >= 0.6 is 0 Å². The summed E-state index contributed by atoms with van der Waals surface area (Å²) in [6.45, 7) is 6.94. The standard InChI is InChI=1S/C22H31N3O5/c1-21(2,3)30-20(29)25-11-7-10-22(25)15-24(19(22)28)17(18(27)14-26)13-23-12-16-8-5-4-6-9-16/h4-6,8-9,14,17-18,23,27H,7,10-13,15H2,1-3H3/t17-,18-,22?/m0/s1. The van der Waals surface area contributed by atoms with Crippen LogP contribution in [-0.4, -0.2) is 76.1 Å². The third-order valence-corrected chi connectivity index (χ3v) is 5.65. The highest BCUT2D eigenvalue weighted by molar-refractivity contribution is 5.96. The highest BCUT2D eigenvalue weighted by Gasteiger charge is 2.62. The van der Waals surface area contributed by atoms with Crippen molar-refractivity contribution >= 4 is 18.3 Å². The van der Waals surface area contributed by atoms with Crippen LogP contribution in [0.4, 0.5) is 4.79 Å². The van der Waals surface area contributed by atoms with Gasteiger partial charge in [-0.1, -0.05) is 30.3 Å². The molecule has 1 spiro atoms. The van der Waals surface area contributed by atoms with Gasteiger partial charge in [-0.3, -0.25) is 9.69 Å². The monoisotopic (exact) mass is 417 g/mol. The van der Waals surface area contributed by atoms with Crippen LogP contribution in [0.25, 0.3) is 0 Å². The van der Waals surface area contributed by atoms with E-state index in [0.717, 1.165) is 5.56 Å². The number of amides is 2. The van der Waals surface area contributed by atoms with Crippen molar-refractivity contribution in [1.82, 2.24) is 15.1 Å². The Morgan fingerprint density at radius 3 is 2.63 bits per heavy atom. The van der Waals surface area contributed by atoms with E-state index < -0.39 is 29.4 Å². The first kappa shape index (κ1) is 22.2. The summed E-state index contributed by atoms with van der Waals surface area (Å²) in [6.07, 6.45) is -0.0730. The molecule has 2 amide bonds. The summed E-state index contributed by atoms with van der Waals surface area (Å²) >= 11 is 0. The fourth-order valence-corrected chi connectivity index (χ4v) is 4.18. The van der Waals surface area contributed by atoms with E-state index >= 15 is 0 Å². The zero-order valence-electron chi connectivity index (χ0n) is 17.8. The summed E-state index contributed by atoms with van der Waals surface area (Å²) in [4.78, 5) is 40.1. The summed E-state index contributed by atoms with van der Waals surface area (Å²) in [7, 11) is 0. The average Bonchev–Trinajstić information content (AvgIpc) is 3.16. The molecular weight excluding hydrogens is 386 g/mol. The lowest BCUT2D eigenvalue weighted by molar-refractivity contribution is -0.168. The Labute approximate surface area is 177 Å². The van der Waals surface area contributed by atoms with Gasteiger partial charge in [0.2, 0.25) is 0 Å². The van der Waals surface area contributed by atoms with E-state index in [2.05, 4.69) is 5.32 Å². The van der Waals surface area contributed by atoms with Gasteiger partial charge in [0, 0.05) is 19.6 Å². The molecule has 0 radical (unpaired) electrons. The number of benzene rings is 1. The molecule has 1 unspecified atom stereocenters. The zero-order valence-corrected chi connectivity index (χ0v) is 17.8. The molecule has 2 aliphatic heterocycles. The molecule has 8 nitrogen and oxygen atoms in total. The van der Waals surface area contributed by atoms with Crippen LogP contribution in [-0.2, 0) is 20.9 Å². The number of aliphatic hydroxyl groups is 1. The molecule has 8 heteroatoms. The van der Waals surface area contributed by atoms with Crippen molar-refractivity contribution in [3.63, 3.8) is 0 Å². The van der Waals surface area contributed by atoms with Crippen LogP contribution in [0.1, 0.15) is 39.2 Å². The topological polar surface area (TPSA) is 99.2 Å². The lowest BCUT2D eigenvalue weighted by Crippen LogP contribution is -2.76. The Balaban J connectivity index is 1.66. The predicted molar refractivity (Wildman–Crippen MR) is 111 cm³/mol. The molecule has 0 aromatic heterocycles. The Morgan fingerprint density at radius 2 is 2.03 bits per heavy atom. The molecule has 30 heavy (non-hydrogen) atoms. The fourth-order valence-electron chi connectivity index (χ4n) is 4.18. The summed E-state index contributed by atoms with van der Waals surface area (Å²) in [6, 6.07) is 9.05. The van der Waals surface area contributed by atoms with Crippen LogP contribution in [0.5, 0.6) is 0 Å². The van der Waals surface area contributed by atoms with Gasteiger partial charge in [0.1, 0.15) is 17.2 Å². The Kier molecular flexibility index (Phi) is 6.47. The SMILES string of the molecule is CC(C)(C)OC(=O)N1CCCC12CN([C@@H](CNCc1ccccc1)[C@@H](O)C=O)C2=O. The molecule has 1 aromatic rings. The Bertz CT molecular complexity index is 779. The van der Waals surface area contributed by atoms with E-state index in [4.69, 9.17) is 4.74 Å². The van der Waals surface area contributed by atoms with E-state index in [1.165, 1.54) is 9.80 Å². The summed E-state index contributed by atoms with van der Waals surface area (Å²) in [5.74, 6) is -0.238. The third kappa shape index (κ3) is 4.49. The molecule has 2 aliphatic rings. The first-order valence-electron chi connectivity index (χ1n) is 10.4. The first-order valence-corrected chi connectivity index (χ1v) is 10.4. The van der Waals surface area contributed by atoms with E-state index in [9.17, 15) is 19.5 Å². The summed E-state index contributed by atoms with van der Waals surface area (Å²) < 4.78 is 5.48. The van der Waals surface area contributed by atoms with E-state index in [0.29, 0.717) is 32.2 Å². The maximum atomic E-state index is 13.2. The molecule has 164 valence electrons. The van der Waals surface area contributed by atoms with E-state index in [1.807, 2.05) is 30.3 Å². The molecule has 0 bridgehead atoms. The quantitative estimate of drug-likeness (QED) is 0.513. The minimum Gasteiger partial charge on any atom is -0.444 e. The molecular formula is C22H31N3O5. The largest absolute Gasteiger partial charge is 0.444 e. The van der Waals surface area contributed by atoms with Gasteiger partial charge in [0.25, 0.3) is 5.91 Å². The van der Waals surface area contributed by atoms with Crippen molar-refractivity contribution < 1.29 is 24.2 Å². The second-order valence-corrected chi connectivity index (χ2v) is 9.01. The van der Waals surface area contributed by atoms with Crippen LogP contribution in [0.15, 0.2) is 30.3 Å². The van der Waals surface area contributed by atoms with Gasteiger partial charge in [-0.05, 0) is 39.2 Å². The van der Waals surface area contributed by atoms with Crippen molar-refractivity contribution in [2.24, 2.45) is 0 Å². The third-order valence-electron chi connectivity index (χ3n) is 5.65. The number of β-lactam (4-membered cyclic amide) rings is 1. The first-order chi connectivity index (χ1) is 14.2.